The van der Waals surface area contributed by atoms with Crippen LogP contribution in [0.15, 0.2) is 16.7 Å². The van der Waals surface area contributed by atoms with Crippen molar-refractivity contribution >= 4 is 21.7 Å². The van der Waals surface area contributed by atoms with E-state index in [-0.39, 0.29) is 0 Å². The summed E-state index contributed by atoms with van der Waals surface area (Å²) in [6.45, 7) is 5.40. The van der Waals surface area contributed by atoms with Crippen molar-refractivity contribution in [2.24, 2.45) is 5.92 Å². The molecule has 20 heavy (non-hydrogen) atoms. The predicted molar refractivity (Wildman–Crippen MR) is 87.0 cm³/mol. The average molecular weight is 338 g/mol. The second-order valence-corrected chi connectivity index (χ2v) is 7.06. The molecule has 2 saturated carbocycles. The molecule has 0 amide bonds. The van der Waals surface area contributed by atoms with E-state index in [1.165, 1.54) is 50.0 Å². The normalized spacial score (nSPS) is 18.3. The summed E-state index contributed by atoms with van der Waals surface area (Å²) in [5.41, 5.74) is 1.33. The zero-order valence-corrected chi connectivity index (χ0v) is 13.8. The second kappa shape index (κ2) is 6.44. The molecular formula is C16H24BrN3. The van der Waals surface area contributed by atoms with E-state index in [9.17, 15) is 0 Å². The fourth-order valence-electron chi connectivity index (χ4n) is 2.64. The van der Waals surface area contributed by atoms with Crippen molar-refractivity contribution in [2.45, 2.75) is 51.6 Å². The molecule has 3 nitrogen and oxygen atoms in total. The highest BCUT2D eigenvalue weighted by atomic mass is 79.9. The Hall–Kier alpha value is -0.610. The van der Waals surface area contributed by atoms with Gasteiger partial charge in [0.05, 0.1) is 0 Å². The summed E-state index contributed by atoms with van der Waals surface area (Å²) < 4.78 is 1.08. The molecule has 1 heterocycles. The summed E-state index contributed by atoms with van der Waals surface area (Å²) in [6.07, 6.45) is 8.61. The van der Waals surface area contributed by atoms with Crippen LogP contribution in [0.2, 0.25) is 0 Å². The molecule has 0 atom stereocenters. The summed E-state index contributed by atoms with van der Waals surface area (Å²) in [5.74, 6) is 2.13. The van der Waals surface area contributed by atoms with Gasteiger partial charge in [0.25, 0.3) is 0 Å². The predicted octanol–water partition coefficient (Wildman–Crippen LogP) is 3.72. The highest BCUT2D eigenvalue weighted by molar-refractivity contribution is 9.10. The van der Waals surface area contributed by atoms with E-state index in [0.717, 1.165) is 29.5 Å². The Morgan fingerprint density at radius 2 is 2.15 bits per heavy atom. The van der Waals surface area contributed by atoms with Gasteiger partial charge in [0.1, 0.15) is 5.82 Å². The minimum absolute atomic E-state index is 0.745. The van der Waals surface area contributed by atoms with Crippen molar-refractivity contribution in [1.29, 1.82) is 0 Å². The van der Waals surface area contributed by atoms with Crippen LogP contribution < -0.4 is 10.2 Å². The maximum atomic E-state index is 4.74. The molecule has 4 heteroatoms. The SMILES string of the molecule is CCCNCc1cc(Br)cnc1N(CC1CC1)C1CC1. The molecule has 0 unspecified atom stereocenters. The van der Waals surface area contributed by atoms with Gasteiger partial charge in [-0.3, -0.25) is 0 Å². The van der Waals surface area contributed by atoms with Crippen molar-refractivity contribution in [3.8, 4) is 0 Å². The lowest BCUT2D eigenvalue weighted by molar-refractivity contribution is 0.660. The number of nitrogens with zero attached hydrogens (tertiary/aromatic N) is 2. The molecule has 0 aromatic carbocycles. The van der Waals surface area contributed by atoms with Gasteiger partial charge in [-0.15, -0.1) is 0 Å². The van der Waals surface area contributed by atoms with E-state index in [2.05, 4.69) is 39.1 Å². The van der Waals surface area contributed by atoms with E-state index in [1.807, 2.05) is 6.20 Å². The van der Waals surface area contributed by atoms with Gasteiger partial charge in [0.2, 0.25) is 0 Å². The van der Waals surface area contributed by atoms with Gasteiger partial charge in [-0.1, -0.05) is 6.92 Å². The number of aromatic nitrogens is 1. The second-order valence-electron chi connectivity index (χ2n) is 6.14. The average Bonchev–Trinajstić information content (AvgIpc) is 3.30. The molecule has 110 valence electrons. The molecule has 0 spiro atoms. The molecule has 0 radical (unpaired) electrons. The molecule has 0 bridgehead atoms. The Morgan fingerprint density at radius 3 is 2.80 bits per heavy atom. The molecule has 2 fully saturated rings. The number of rotatable bonds is 8. The smallest absolute Gasteiger partial charge is 0.133 e. The van der Waals surface area contributed by atoms with Crippen LogP contribution in [0.25, 0.3) is 0 Å². The van der Waals surface area contributed by atoms with Crippen LogP contribution in [0.1, 0.15) is 44.6 Å². The fourth-order valence-corrected chi connectivity index (χ4v) is 3.01. The first-order valence-electron chi connectivity index (χ1n) is 7.89. The van der Waals surface area contributed by atoms with E-state index >= 15 is 0 Å². The van der Waals surface area contributed by atoms with Crippen molar-refractivity contribution in [2.75, 3.05) is 18.0 Å². The Balaban J connectivity index is 1.77. The van der Waals surface area contributed by atoms with Crippen LogP contribution in [-0.2, 0) is 6.54 Å². The fraction of sp³-hybridized carbons (Fsp3) is 0.688. The molecule has 2 aliphatic rings. The number of hydrogen-bond acceptors (Lipinski definition) is 3. The van der Waals surface area contributed by atoms with Gasteiger partial charge < -0.3 is 10.2 Å². The van der Waals surface area contributed by atoms with Crippen LogP contribution in [-0.4, -0.2) is 24.1 Å². The summed E-state index contributed by atoms with van der Waals surface area (Å²) in [5, 5.41) is 3.51. The van der Waals surface area contributed by atoms with Crippen LogP contribution in [0.3, 0.4) is 0 Å². The zero-order valence-electron chi connectivity index (χ0n) is 12.2. The Morgan fingerprint density at radius 1 is 1.35 bits per heavy atom. The van der Waals surface area contributed by atoms with Gasteiger partial charge in [-0.2, -0.15) is 0 Å². The Kier molecular flexibility index (Phi) is 4.61. The highest BCUT2D eigenvalue weighted by Crippen LogP contribution is 2.38. The first-order valence-corrected chi connectivity index (χ1v) is 8.69. The van der Waals surface area contributed by atoms with Crippen molar-refractivity contribution in [3.05, 3.63) is 22.3 Å². The molecule has 1 N–H and O–H groups in total. The standard InChI is InChI=1S/C16H24BrN3/c1-2-7-18-9-13-8-14(17)10-19-16(13)20(15-5-6-15)11-12-3-4-12/h8,10,12,15,18H,2-7,9,11H2,1H3. The van der Waals surface area contributed by atoms with Gasteiger partial charge in [-0.25, -0.2) is 4.98 Å². The van der Waals surface area contributed by atoms with Crippen LogP contribution >= 0.6 is 15.9 Å². The zero-order chi connectivity index (χ0) is 13.9. The van der Waals surface area contributed by atoms with Crippen molar-refractivity contribution < 1.29 is 0 Å². The lowest BCUT2D eigenvalue weighted by Gasteiger charge is -2.26. The van der Waals surface area contributed by atoms with Gasteiger partial charge >= 0.3 is 0 Å². The number of anilines is 1. The maximum Gasteiger partial charge on any atom is 0.133 e. The topological polar surface area (TPSA) is 28.2 Å². The Labute approximate surface area is 130 Å². The van der Waals surface area contributed by atoms with Gasteiger partial charge in [-0.05, 0) is 66.6 Å². The molecule has 1 aromatic rings. The van der Waals surface area contributed by atoms with E-state index < -0.39 is 0 Å². The minimum Gasteiger partial charge on any atom is -0.353 e. The van der Waals surface area contributed by atoms with Crippen LogP contribution in [0.4, 0.5) is 5.82 Å². The molecule has 1 aromatic heterocycles. The third kappa shape index (κ3) is 3.73. The first kappa shape index (κ1) is 14.3. The first-order chi connectivity index (χ1) is 9.78. The molecule has 3 rings (SSSR count). The van der Waals surface area contributed by atoms with E-state index in [0.29, 0.717) is 0 Å². The molecule has 0 aliphatic heterocycles. The van der Waals surface area contributed by atoms with Crippen LogP contribution in [0.5, 0.6) is 0 Å². The monoisotopic (exact) mass is 337 g/mol. The summed E-state index contributed by atoms with van der Waals surface area (Å²) in [4.78, 5) is 7.31. The molecular weight excluding hydrogens is 314 g/mol. The van der Waals surface area contributed by atoms with Gasteiger partial charge in [0.15, 0.2) is 0 Å². The van der Waals surface area contributed by atoms with Crippen molar-refractivity contribution in [1.82, 2.24) is 10.3 Å². The Bertz CT molecular complexity index is 455. The third-order valence-electron chi connectivity index (χ3n) is 4.06. The van der Waals surface area contributed by atoms with Crippen LogP contribution in [0, 0.1) is 5.92 Å². The summed E-state index contributed by atoms with van der Waals surface area (Å²) in [6, 6.07) is 2.97. The maximum absolute atomic E-state index is 4.74. The summed E-state index contributed by atoms with van der Waals surface area (Å²) >= 11 is 3.56. The number of pyridine rings is 1. The van der Waals surface area contributed by atoms with Crippen molar-refractivity contribution in [3.63, 3.8) is 0 Å². The van der Waals surface area contributed by atoms with Gasteiger partial charge in [0, 0.05) is 35.4 Å². The molecule has 2 aliphatic carbocycles. The lowest BCUT2D eigenvalue weighted by atomic mass is 10.2. The number of halogens is 1. The largest absolute Gasteiger partial charge is 0.353 e. The number of nitrogens with one attached hydrogen (secondary N) is 1. The third-order valence-corrected chi connectivity index (χ3v) is 4.50. The lowest BCUT2D eigenvalue weighted by Crippen LogP contribution is -2.30. The highest BCUT2D eigenvalue weighted by Gasteiger charge is 2.35. The van der Waals surface area contributed by atoms with E-state index in [1.54, 1.807) is 0 Å². The molecule has 0 saturated heterocycles. The quantitative estimate of drug-likeness (QED) is 0.732. The number of hydrogen-bond donors (Lipinski definition) is 1. The van der Waals surface area contributed by atoms with E-state index in [4.69, 9.17) is 4.98 Å². The summed E-state index contributed by atoms with van der Waals surface area (Å²) in [7, 11) is 0. The minimum atomic E-state index is 0.745.